The zero-order valence-electron chi connectivity index (χ0n) is 12.3. The Kier molecular flexibility index (Phi) is 4.64. The summed E-state index contributed by atoms with van der Waals surface area (Å²) < 4.78 is 5.52. The quantitative estimate of drug-likeness (QED) is 0.896. The lowest BCUT2D eigenvalue weighted by Gasteiger charge is -2.09. The van der Waals surface area contributed by atoms with Crippen LogP contribution in [0.15, 0.2) is 42.5 Å². The molecular weight excluding hydrogens is 298 g/mol. The van der Waals surface area contributed by atoms with Crippen molar-refractivity contribution in [2.24, 2.45) is 0 Å². The normalized spacial score (nSPS) is 12.8. The molecule has 1 amide bonds. The van der Waals surface area contributed by atoms with Crippen molar-refractivity contribution in [3.8, 4) is 5.75 Å². The Bertz CT molecular complexity index is 667. The van der Waals surface area contributed by atoms with Gasteiger partial charge in [0, 0.05) is 10.7 Å². The van der Waals surface area contributed by atoms with E-state index >= 15 is 0 Å². The fraction of sp³-hybridized carbons (Fsp3) is 0.278. The number of carbonyl (C=O) groups is 1. The van der Waals surface area contributed by atoms with Gasteiger partial charge in [-0.2, -0.15) is 0 Å². The van der Waals surface area contributed by atoms with E-state index in [-0.39, 0.29) is 5.91 Å². The Balaban J connectivity index is 1.47. The minimum Gasteiger partial charge on any atom is -0.493 e. The molecule has 2 aromatic rings. The van der Waals surface area contributed by atoms with Crippen LogP contribution < -0.4 is 10.1 Å². The Morgan fingerprint density at radius 1 is 1.09 bits per heavy atom. The highest BCUT2D eigenvalue weighted by Crippen LogP contribution is 2.25. The lowest BCUT2D eigenvalue weighted by molar-refractivity contribution is -0.116. The van der Waals surface area contributed by atoms with Gasteiger partial charge in [0.05, 0.1) is 13.0 Å². The van der Waals surface area contributed by atoms with Crippen LogP contribution >= 0.6 is 11.6 Å². The summed E-state index contributed by atoms with van der Waals surface area (Å²) in [5.41, 5.74) is 3.64. The number of ether oxygens (including phenoxy) is 1. The Morgan fingerprint density at radius 2 is 1.86 bits per heavy atom. The van der Waals surface area contributed by atoms with Crippen molar-refractivity contribution in [2.45, 2.75) is 25.7 Å². The third-order valence-electron chi connectivity index (χ3n) is 3.79. The van der Waals surface area contributed by atoms with Gasteiger partial charge in [0.15, 0.2) is 0 Å². The minimum absolute atomic E-state index is 0.0353. The van der Waals surface area contributed by atoms with Gasteiger partial charge >= 0.3 is 0 Å². The van der Waals surface area contributed by atoms with Crippen molar-refractivity contribution in [1.29, 1.82) is 0 Å². The van der Waals surface area contributed by atoms with E-state index < -0.39 is 0 Å². The Hall–Kier alpha value is -2.00. The standard InChI is InChI=1S/C18H18ClNO2/c19-15-5-8-17(9-6-15)22-11-10-18(21)20-16-7-4-13-2-1-3-14(13)12-16/h4-9,12H,1-3,10-11H2,(H,20,21). The van der Waals surface area contributed by atoms with Crippen LogP contribution in [0.4, 0.5) is 5.69 Å². The molecule has 114 valence electrons. The summed E-state index contributed by atoms with van der Waals surface area (Å²) in [6.07, 6.45) is 3.79. The van der Waals surface area contributed by atoms with Crippen LogP contribution in [-0.4, -0.2) is 12.5 Å². The molecule has 2 aromatic carbocycles. The van der Waals surface area contributed by atoms with Gasteiger partial charge in [0.1, 0.15) is 5.75 Å². The molecule has 0 saturated carbocycles. The SMILES string of the molecule is O=C(CCOc1ccc(Cl)cc1)Nc1ccc2c(c1)CCC2. The summed E-state index contributed by atoms with van der Waals surface area (Å²) in [5.74, 6) is 0.682. The van der Waals surface area contributed by atoms with Gasteiger partial charge in [0.25, 0.3) is 0 Å². The molecular formula is C18H18ClNO2. The number of carbonyl (C=O) groups excluding carboxylic acids is 1. The van der Waals surface area contributed by atoms with Gasteiger partial charge < -0.3 is 10.1 Å². The lowest BCUT2D eigenvalue weighted by atomic mass is 10.1. The van der Waals surface area contributed by atoms with Gasteiger partial charge in [0.2, 0.25) is 5.91 Å². The van der Waals surface area contributed by atoms with Gasteiger partial charge in [-0.05, 0) is 66.8 Å². The van der Waals surface area contributed by atoms with Crippen molar-refractivity contribution < 1.29 is 9.53 Å². The predicted molar refractivity (Wildman–Crippen MR) is 88.7 cm³/mol. The van der Waals surface area contributed by atoms with Crippen LogP contribution in [0.25, 0.3) is 0 Å². The maximum Gasteiger partial charge on any atom is 0.227 e. The molecule has 3 nitrogen and oxygen atoms in total. The largest absolute Gasteiger partial charge is 0.493 e. The van der Waals surface area contributed by atoms with Gasteiger partial charge in [-0.25, -0.2) is 0 Å². The molecule has 1 aliphatic carbocycles. The average molecular weight is 316 g/mol. The van der Waals surface area contributed by atoms with Crippen LogP contribution in [0, 0.1) is 0 Å². The molecule has 0 atom stereocenters. The zero-order valence-corrected chi connectivity index (χ0v) is 13.0. The first kappa shape index (κ1) is 14.9. The summed E-state index contributed by atoms with van der Waals surface area (Å²) in [5, 5.41) is 3.60. The number of fused-ring (bicyclic) bond motifs is 1. The molecule has 0 spiro atoms. The average Bonchev–Trinajstić information content (AvgIpc) is 2.97. The lowest BCUT2D eigenvalue weighted by Crippen LogP contribution is -2.15. The van der Waals surface area contributed by atoms with E-state index in [0.717, 1.165) is 24.3 Å². The summed E-state index contributed by atoms with van der Waals surface area (Å²) >= 11 is 5.81. The first-order valence-corrected chi connectivity index (χ1v) is 7.88. The predicted octanol–water partition coefficient (Wildman–Crippen LogP) is 4.24. The Morgan fingerprint density at radius 3 is 2.68 bits per heavy atom. The van der Waals surface area contributed by atoms with E-state index in [4.69, 9.17) is 16.3 Å². The molecule has 3 rings (SSSR count). The maximum absolute atomic E-state index is 11.9. The third-order valence-corrected chi connectivity index (χ3v) is 4.05. The molecule has 0 heterocycles. The smallest absolute Gasteiger partial charge is 0.227 e. The second-order valence-electron chi connectivity index (χ2n) is 5.44. The van der Waals surface area contributed by atoms with E-state index in [0.29, 0.717) is 18.1 Å². The van der Waals surface area contributed by atoms with E-state index in [9.17, 15) is 4.79 Å². The van der Waals surface area contributed by atoms with E-state index in [1.807, 2.05) is 6.07 Å². The first-order valence-electron chi connectivity index (χ1n) is 7.51. The number of nitrogens with one attached hydrogen (secondary N) is 1. The molecule has 1 aliphatic rings. The summed E-state index contributed by atoms with van der Waals surface area (Å²) in [6.45, 7) is 0.346. The molecule has 0 bridgehead atoms. The highest BCUT2D eigenvalue weighted by Gasteiger charge is 2.11. The molecule has 0 saturated heterocycles. The van der Waals surface area contributed by atoms with Crippen molar-refractivity contribution >= 4 is 23.2 Å². The number of amides is 1. The van der Waals surface area contributed by atoms with Crippen LogP contribution in [0.1, 0.15) is 24.0 Å². The third kappa shape index (κ3) is 3.80. The molecule has 0 aliphatic heterocycles. The van der Waals surface area contributed by atoms with Gasteiger partial charge in [-0.15, -0.1) is 0 Å². The molecule has 22 heavy (non-hydrogen) atoms. The van der Waals surface area contributed by atoms with E-state index in [2.05, 4.69) is 17.4 Å². The van der Waals surface area contributed by atoms with Crippen molar-refractivity contribution in [2.75, 3.05) is 11.9 Å². The molecule has 4 heteroatoms. The molecule has 1 N–H and O–H groups in total. The van der Waals surface area contributed by atoms with Crippen molar-refractivity contribution in [3.63, 3.8) is 0 Å². The number of benzene rings is 2. The monoisotopic (exact) mass is 315 g/mol. The fourth-order valence-corrected chi connectivity index (χ4v) is 2.79. The summed E-state index contributed by atoms with van der Waals surface area (Å²) in [4.78, 5) is 11.9. The Labute approximate surface area is 135 Å². The highest BCUT2D eigenvalue weighted by atomic mass is 35.5. The maximum atomic E-state index is 11.9. The van der Waals surface area contributed by atoms with Crippen LogP contribution in [-0.2, 0) is 17.6 Å². The molecule has 0 fully saturated rings. The summed E-state index contributed by atoms with van der Waals surface area (Å²) in [6, 6.07) is 13.3. The zero-order chi connectivity index (χ0) is 15.4. The van der Waals surface area contributed by atoms with Crippen molar-refractivity contribution in [3.05, 3.63) is 58.6 Å². The number of halogens is 1. The van der Waals surface area contributed by atoms with Crippen LogP contribution in [0.2, 0.25) is 5.02 Å². The number of anilines is 1. The molecule has 0 aromatic heterocycles. The van der Waals surface area contributed by atoms with Gasteiger partial charge in [-0.1, -0.05) is 17.7 Å². The minimum atomic E-state index is -0.0353. The number of aryl methyl sites for hydroxylation is 2. The number of hydrogen-bond acceptors (Lipinski definition) is 2. The van der Waals surface area contributed by atoms with Crippen LogP contribution in [0.5, 0.6) is 5.75 Å². The first-order chi connectivity index (χ1) is 10.7. The topological polar surface area (TPSA) is 38.3 Å². The molecule has 0 radical (unpaired) electrons. The highest BCUT2D eigenvalue weighted by molar-refractivity contribution is 6.30. The number of rotatable bonds is 5. The van der Waals surface area contributed by atoms with E-state index in [1.54, 1.807) is 24.3 Å². The molecule has 0 unspecified atom stereocenters. The number of hydrogen-bond donors (Lipinski definition) is 1. The van der Waals surface area contributed by atoms with Gasteiger partial charge in [-0.3, -0.25) is 4.79 Å². The second-order valence-corrected chi connectivity index (χ2v) is 5.87. The fourth-order valence-electron chi connectivity index (χ4n) is 2.67. The van der Waals surface area contributed by atoms with Crippen molar-refractivity contribution in [1.82, 2.24) is 0 Å². The summed E-state index contributed by atoms with van der Waals surface area (Å²) in [7, 11) is 0. The van der Waals surface area contributed by atoms with E-state index in [1.165, 1.54) is 17.5 Å². The second kappa shape index (κ2) is 6.84. The van der Waals surface area contributed by atoms with Crippen LogP contribution in [0.3, 0.4) is 0 Å².